The zero-order chi connectivity index (χ0) is 15.4. The lowest BCUT2D eigenvalue weighted by molar-refractivity contribution is 0.277. The van der Waals surface area contributed by atoms with Crippen LogP contribution in [0.15, 0.2) is 28.7 Å². The number of methoxy groups -OCH3 is 1. The van der Waals surface area contributed by atoms with Crippen molar-refractivity contribution in [2.24, 2.45) is 0 Å². The first-order valence-electron chi connectivity index (χ1n) is 7.17. The van der Waals surface area contributed by atoms with E-state index in [1.807, 2.05) is 12.1 Å². The summed E-state index contributed by atoms with van der Waals surface area (Å²) >= 11 is 3.55. The maximum Gasteiger partial charge on any atom is 0.201 e. The van der Waals surface area contributed by atoms with Crippen LogP contribution >= 0.6 is 15.9 Å². The van der Waals surface area contributed by atoms with Gasteiger partial charge in [0.05, 0.1) is 7.11 Å². The van der Waals surface area contributed by atoms with Gasteiger partial charge in [0.25, 0.3) is 0 Å². The van der Waals surface area contributed by atoms with Crippen molar-refractivity contribution in [1.29, 1.82) is 0 Å². The summed E-state index contributed by atoms with van der Waals surface area (Å²) in [4.78, 5) is 2.29. The van der Waals surface area contributed by atoms with Gasteiger partial charge in [-0.25, -0.2) is 0 Å². The molecule has 0 bridgehead atoms. The summed E-state index contributed by atoms with van der Waals surface area (Å²) < 4.78 is 12.2. The van der Waals surface area contributed by atoms with Gasteiger partial charge in [-0.2, -0.15) is 0 Å². The van der Waals surface area contributed by atoms with Crippen LogP contribution in [0.25, 0.3) is 0 Å². The minimum atomic E-state index is 0.0698. The van der Waals surface area contributed by atoms with E-state index in [9.17, 15) is 5.11 Å². The molecule has 0 spiro atoms. The van der Waals surface area contributed by atoms with Crippen LogP contribution < -0.4 is 9.47 Å². The number of benzene rings is 2. The summed E-state index contributed by atoms with van der Waals surface area (Å²) in [6, 6.07) is 7.92. The zero-order valence-corrected chi connectivity index (χ0v) is 14.0. The van der Waals surface area contributed by atoms with Gasteiger partial charge in [0.1, 0.15) is 5.75 Å². The first kappa shape index (κ1) is 13.9. The molecule has 0 amide bonds. The SMILES string of the molecule is COc1ccc2c(c1O)Oc1cc(Br)cc3c1C2CN(C)C3. The van der Waals surface area contributed by atoms with Crippen LogP contribution in [0.4, 0.5) is 0 Å². The van der Waals surface area contributed by atoms with Crippen LogP contribution in [-0.4, -0.2) is 30.7 Å². The molecule has 2 aromatic rings. The zero-order valence-electron chi connectivity index (χ0n) is 12.4. The number of phenolic OH excluding ortho intramolecular Hbond substituents is 1. The Balaban J connectivity index is 1.96. The molecule has 114 valence electrons. The molecule has 1 atom stereocenters. The predicted octanol–water partition coefficient (Wildman–Crippen LogP) is 3.85. The summed E-state index contributed by atoms with van der Waals surface area (Å²) in [6.45, 7) is 1.81. The topological polar surface area (TPSA) is 41.9 Å². The molecule has 0 aromatic heterocycles. The molecule has 0 aliphatic carbocycles. The largest absolute Gasteiger partial charge is 0.502 e. The summed E-state index contributed by atoms with van der Waals surface area (Å²) in [6.07, 6.45) is 0. The van der Waals surface area contributed by atoms with Gasteiger partial charge in [0.2, 0.25) is 5.75 Å². The third-order valence-corrected chi connectivity index (χ3v) is 4.87. The molecule has 1 unspecified atom stereocenters. The Morgan fingerprint density at radius 1 is 1.36 bits per heavy atom. The lowest BCUT2D eigenvalue weighted by Gasteiger charge is -2.37. The lowest BCUT2D eigenvalue weighted by atomic mass is 9.82. The standard InChI is InChI=1S/C17H16BrNO3/c1-19-7-9-5-10(18)6-14-15(9)12(8-19)11-3-4-13(21-2)16(20)17(11)22-14/h3-6,12,20H,7-8H2,1-2H3. The monoisotopic (exact) mass is 361 g/mol. The molecule has 2 aliphatic heterocycles. The Morgan fingerprint density at radius 3 is 2.95 bits per heavy atom. The maximum absolute atomic E-state index is 10.4. The number of aromatic hydroxyl groups is 1. The molecule has 4 nitrogen and oxygen atoms in total. The van der Waals surface area contributed by atoms with Crippen molar-refractivity contribution in [1.82, 2.24) is 4.90 Å². The van der Waals surface area contributed by atoms with Crippen molar-refractivity contribution < 1.29 is 14.6 Å². The fraction of sp³-hybridized carbons (Fsp3) is 0.294. The molecule has 1 N–H and O–H groups in total. The van der Waals surface area contributed by atoms with E-state index >= 15 is 0 Å². The van der Waals surface area contributed by atoms with Gasteiger partial charge in [-0.15, -0.1) is 0 Å². The molecule has 2 heterocycles. The normalized spacial score (nSPS) is 19.1. The van der Waals surface area contributed by atoms with Gasteiger partial charge in [-0.3, -0.25) is 0 Å². The second-order valence-electron chi connectivity index (χ2n) is 5.86. The number of fused-ring (bicyclic) bond motifs is 2. The molecule has 0 fully saturated rings. The molecule has 4 rings (SSSR count). The summed E-state index contributed by atoms with van der Waals surface area (Å²) in [7, 11) is 3.66. The van der Waals surface area contributed by atoms with Crippen LogP contribution in [0.5, 0.6) is 23.0 Å². The molecule has 2 aliphatic rings. The van der Waals surface area contributed by atoms with Crippen LogP contribution in [0.2, 0.25) is 0 Å². The van der Waals surface area contributed by atoms with Gasteiger partial charge in [-0.1, -0.05) is 22.0 Å². The van der Waals surface area contributed by atoms with E-state index in [1.165, 1.54) is 11.1 Å². The molecular weight excluding hydrogens is 346 g/mol. The van der Waals surface area contributed by atoms with E-state index in [-0.39, 0.29) is 11.7 Å². The minimum Gasteiger partial charge on any atom is -0.502 e. The highest BCUT2D eigenvalue weighted by molar-refractivity contribution is 9.10. The molecule has 0 saturated heterocycles. The van der Waals surface area contributed by atoms with Crippen LogP contribution in [0.3, 0.4) is 0 Å². The van der Waals surface area contributed by atoms with Gasteiger partial charge >= 0.3 is 0 Å². The number of likely N-dealkylation sites (N-methyl/N-ethyl adjacent to an activating group) is 1. The lowest BCUT2D eigenvalue weighted by Crippen LogP contribution is -2.32. The summed E-state index contributed by atoms with van der Waals surface area (Å²) in [5.74, 6) is 2.04. The second-order valence-corrected chi connectivity index (χ2v) is 6.78. The predicted molar refractivity (Wildman–Crippen MR) is 87.1 cm³/mol. The maximum atomic E-state index is 10.4. The van der Waals surface area contributed by atoms with Crippen molar-refractivity contribution in [3.8, 4) is 23.0 Å². The van der Waals surface area contributed by atoms with Crippen molar-refractivity contribution in [2.75, 3.05) is 20.7 Å². The molecule has 0 saturated carbocycles. The summed E-state index contributed by atoms with van der Waals surface area (Å²) in [5.41, 5.74) is 3.52. The van der Waals surface area contributed by atoms with Gasteiger partial charge in [0, 0.05) is 34.6 Å². The average molecular weight is 362 g/mol. The van der Waals surface area contributed by atoms with E-state index in [0.717, 1.165) is 28.9 Å². The van der Waals surface area contributed by atoms with E-state index in [0.29, 0.717) is 11.5 Å². The average Bonchev–Trinajstić information content (AvgIpc) is 2.47. The van der Waals surface area contributed by atoms with E-state index in [4.69, 9.17) is 9.47 Å². The highest BCUT2D eigenvalue weighted by atomic mass is 79.9. The fourth-order valence-corrected chi connectivity index (χ4v) is 3.98. The number of rotatable bonds is 1. The third-order valence-electron chi connectivity index (χ3n) is 4.41. The highest BCUT2D eigenvalue weighted by Gasteiger charge is 2.36. The van der Waals surface area contributed by atoms with Crippen molar-refractivity contribution in [2.45, 2.75) is 12.5 Å². The van der Waals surface area contributed by atoms with E-state index in [1.54, 1.807) is 13.2 Å². The quantitative estimate of drug-likeness (QED) is 0.837. The van der Waals surface area contributed by atoms with Crippen LogP contribution in [0.1, 0.15) is 22.6 Å². The first-order chi connectivity index (χ1) is 10.6. The summed E-state index contributed by atoms with van der Waals surface area (Å²) in [5, 5.41) is 10.4. The van der Waals surface area contributed by atoms with Crippen molar-refractivity contribution >= 4 is 15.9 Å². The fourth-order valence-electron chi connectivity index (χ4n) is 3.50. The van der Waals surface area contributed by atoms with Gasteiger partial charge in [0.15, 0.2) is 11.5 Å². The Morgan fingerprint density at radius 2 is 2.18 bits per heavy atom. The van der Waals surface area contributed by atoms with Crippen LogP contribution in [0, 0.1) is 0 Å². The Bertz CT molecular complexity index is 775. The van der Waals surface area contributed by atoms with Crippen LogP contribution in [-0.2, 0) is 6.54 Å². The van der Waals surface area contributed by atoms with Crippen molar-refractivity contribution in [3.63, 3.8) is 0 Å². The number of halogens is 1. The first-order valence-corrected chi connectivity index (χ1v) is 7.96. The number of hydrogen-bond acceptors (Lipinski definition) is 4. The highest BCUT2D eigenvalue weighted by Crippen LogP contribution is 2.53. The number of ether oxygens (including phenoxy) is 2. The van der Waals surface area contributed by atoms with E-state index < -0.39 is 0 Å². The molecule has 22 heavy (non-hydrogen) atoms. The minimum absolute atomic E-state index is 0.0698. The van der Waals surface area contributed by atoms with Gasteiger partial charge < -0.3 is 19.5 Å². The Hall–Kier alpha value is -1.72. The number of phenols is 1. The Labute approximate surface area is 137 Å². The molecule has 5 heteroatoms. The molecule has 2 aromatic carbocycles. The number of hydrogen-bond donors (Lipinski definition) is 1. The van der Waals surface area contributed by atoms with E-state index in [2.05, 4.69) is 33.9 Å². The second kappa shape index (κ2) is 4.89. The molecular formula is C17H16BrNO3. The Kier molecular flexibility index (Phi) is 3.09. The van der Waals surface area contributed by atoms with Crippen molar-refractivity contribution in [3.05, 3.63) is 45.4 Å². The molecule has 0 radical (unpaired) electrons. The smallest absolute Gasteiger partial charge is 0.201 e. The number of nitrogens with zero attached hydrogens (tertiary/aromatic N) is 1. The third kappa shape index (κ3) is 1.92. The van der Waals surface area contributed by atoms with Gasteiger partial charge in [-0.05, 0) is 30.8 Å².